The molecule has 1 saturated heterocycles. The van der Waals surface area contributed by atoms with Gasteiger partial charge in [-0.25, -0.2) is 0 Å². The summed E-state index contributed by atoms with van der Waals surface area (Å²) >= 11 is 6.05. The van der Waals surface area contributed by atoms with E-state index in [0.717, 1.165) is 31.5 Å². The maximum absolute atomic E-state index is 12.6. The van der Waals surface area contributed by atoms with Gasteiger partial charge in [0, 0.05) is 29.7 Å². The minimum atomic E-state index is 0.102. The number of piperidine rings is 1. The zero-order valence-electron chi connectivity index (χ0n) is 11.6. The first-order valence-corrected chi connectivity index (χ1v) is 7.22. The van der Waals surface area contributed by atoms with E-state index in [2.05, 4.69) is 5.32 Å². The van der Waals surface area contributed by atoms with Crippen molar-refractivity contribution in [3.8, 4) is 0 Å². The summed E-state index contributed by atoms with van der Waals surface area (Å²) in [6, 6.07) is 5.85. The summed E-state index contributed by atoms with van der Waals surface area (Å²) in [5.74, 6) is 0.102. The molecule has 104 valence electrons. The highest BCUT2D eigenvalue weighted by Crippen LogP contribution is 2.21. The first-order valence-electron chi connectivity index (χ1n) is 6.84. The number of rotatable bonds is 3. The van der Waals surface area contributed by atoms with E-state index in [4.69, 9.17) is 11.6 Å². The number of benzene rings is 1. The summed E-state index contributed by atoms with van der Waals surface area (Å²) in [6.45, 7) is 3.66. The van der Waals surface area contributed by atoms with E-state index in [9.17, 15) is 4.79 Å². The fraction of sp³-hybridized carbons (Fsp3) is 0.533. The minimum Gasteiger partial charge on any atom is -0.334 e. The van der Waals surface area contributed by atoms with Gasteiger partial charge >= 0.3 is 0 Å². The second-order valence-corrected chi connectivity index (χ2v) is 5.66. The Morgan fingerprint density at radius 1 is 1.42 bits per heavy atom. The van der Waals surface area contributed by atoms with Gasteiger partial charge in [-0.3, -0.25) is 4.79 Å². The SMILES string of the molecule is CNCC1CCCCN1C(=O)c1cc(C)cc(Cl)c1. The lowest BCUT2D eigenvalue weighted by Crippen LogP contribution is -2.48. The molecule has 2 rings (SSSR count). The van der Waals surface area contributed by atoms with Gasteiger partial charge < -0.3 is 10.2 Å². The molecule has 4 heteroatoms. The van der Waals surface area contributed by atoms with Crippen molar-refractivity contribution in [1.29, 1.82) is 0 Å². The smallest absolute Gasteiger partial charge is 0.254 e. The zero-order chi connectivity index (χ0) is 13.8. The van der Waals surface area contributed by atoms with Gasteiger partial charge in [-0.2, -0.15) is 0 Å². The van der Waals surface area contributed by atoms with Gasteiger partial charge in [-0.1, -0.05) is 11.6 Å². The van der Waals surface area contributed by atoms with E-state index in [-0.39, 0.29) is 5.91 Å². The molecule has 1 amide bonds. The van der Waals surface area contributed by atoms with Crippen LogP contribution in [0.5, 0.6) is 0 Å². The predicted molar refractivity (Wildman–Crippen MR) is 78.8 cm³/mol. The van der Waals surface area contributed by atoms with E-state index in [1.54, 1.807) is 6.07 Å². The molecule has 0 saturated carbocycles. The number of likely N-dealkylation sites (N-methyl/N-ethyl adjacent to an activating group) is 1. The van der Waals surface area contributed by atoms with E-state index in [1.807, 2.05) is 31.0 Å². The minimum absolute atomic E-state index is 0.102. The molecule has 3 nitrogen and oxygen atoms in total. The summed E-state index contributed by atoms with van der Waals surface area (Å²) in [4.78, 5) is 14.6. The molecule has 1 unspecified atom stereocenters. The van der Waals surface area contributed by atoms with Crippen LogP contribution >= 0.6 is 11.6 Å². The Balaban J connectivity index is 2.20. The van der Waals surface area contributed by atoms with Crippen LogP contribution in [-0.4, -0.2) is 37.0 Å². The van der Waals surface area contributed by atoms with Crippen LogP contribution in [0.2, 0.25) is 5.02 Å². The van der Waals surface area contributed by atoms with Crippen LogP contribution in [0, 0.1) is 6.92 Å². The van der Waals surface area contributed by atoms with Crippen molar-refractivity contribution in [2.24, 2.45) is 0 Å². The summed E-state index contributed by atoms with van der Waals surface area (Å²) in [5, 5.41) is 3.81. The monoisotopic (exact) mass is 280 g/mol. The number of likely N-dealkylation sites (tertiary alicyclic amines) is 1. The number of aryl methyl sites for hydroxylation is 1. The molecule has 0 aromatic heterocycles. The lowest BCUT2D eigenvalue weighted by molar-refractivity contribution is 0.0615. The van der Waals surface area contributed by atoms with E-state index < -0.39 is 0 Å². The molecule has 0 spiro atoms. The van der Waals surface area contributed by atoms with Crippen LogP contribution in [-0.2, 0) is 0 Å². The molecule has 1 atom stereocenters. The number of nitrogens with one attached hydrogen (secondary N) is 1. The average Bonchev–Trinajstić information content (AvgIpc) is 2.38. The molecule has 19 heavy (non-hydrogen) atoms. The Labute approximate surface area is 119 Å². The quantitative estimate of drug-likeness (QED) is 0.923. The third-order valence-electron chi connectivity index (χ3n) is 3.62. The number of amides is 1. The Hall–Kier alpha value is -1.06. The van der Waals surface area contributed by atoms with Crippen molar-refractivity contribution in [1.82, 2.24) is 10.2 Å². The Morgan fingerprint density at radius 3 is 2.89 bits per heavy atom. The number of hydrogen-bond acceptors (Lipinski definition) is 2. The maximum atomic E-state index is 12.6. The van der Waals surface area contributed by atoms with Gasteiger partial charge in [0.2, 0.25) is 0 Å². The van der Waals surface area contributed by atoms with Gasteiger partial charge in [0.15, 0.2) is 0 Å². The van der Waals surface area contributed by atoms with Gasteiger partial charge in [-0.15, -0.1) is 0 Å². The Kier molecular flexibility index (Phi) is 4.83. The van der Waals surface area contributed by atoms with Crippen LogP contribution in [0.25, 0.3) is 0 Å². The topological polar surface area (TPSA) is 32.3 Å². The first kappa shape index (κ1) is 14.4. The zero-order valence-corrected chi connectivity index (χ0v) is 12.3. The second kappa shape index (κ2) is 6.40. The normalized spacial score (nSPS) is 19.5. The maximum Gasteiger partial charge on any atom is 0.254 e. The number of carbonyl (C=O) groups excluding carboxylic acids is 1. The van der Waals surface area contributed by atoms with Crippen LogP contribution in [0.15, 0.2) is 18.2 Å². The van der Waals surface area contributed by atoms with Crippen LogP contribution < -0.4 is 5.32 Å². The van der Waals surface area contributed by atoms with Gasteiger partial charge in [-0.05, 0) is 57.0 Å². The van der Waals surface area contributed by atoms with Crippen LogP contribution in [0.1, 0.15) is 35.2 Å². The van der Waals surface area contributed by atoms with E-state index >= 15 is 0 Å². The van der Waals surface area contributed by atoms with Crippen molar-refractivity contribution in [2.45, 2.75) is 32.2 Å². The molecular formula is C15H21ClN2O. The highest BCUT2D eigenvalue weighted by Gasteiger charge is 2.27. The Morgan fingerprint density at radius 2 is 2.21 bits per heavy atom. The first-order chi connectivity index (χ1) is 9.11. The van der Waals surface area contributed by atoms with Crippen molar-refractivity contribution in [2.75, 3.05) is 20.1 Å². The summed E-state index contributed by atoms with van der Waals surface area (Å²) in [7, 11) is 1.93. The van der Waals surface area contributed by atoms with Crippen molar-refractivity contribution < 1.29 is 4.79 Å². The summed E-state index contributed by atoms with van der Waals surface area (Å²) in [5.41, 5.74) is 1.73. The molecule has 0 aliphatic carbocycles. The van der Waals surface area contributed by atoms with Gasteiger partial charge in [0.1, 0.15) is 0 Å². The van der Waals surface area contributed by atoms with Crippen molar-refractivity contribution in [3.63, 3.8) is 0 Å². The second-order valence-electron chi connectivity index (χ2n) is 5.22. The van der Waals surface area contributed by atoms with Crippen molar-refractivity contribution in [3.05, 3.63) is 34.3 Å². The molecule has 1 aromatic rings. The molecule has 1 heterocycles. The van der Waals surface area contributed by atoms with E-state index in [0.29, 0.717) is 16.6 Å². The fourth-order valence-corrected chi connectivity index (χ4v) is 3.03. The third-order valence-corrected chi connectivity index (χ3v) is 3.84. The lowest BCUT2D eigenvalue weighted by atomic mass is 10.0. The molecule has 1 N–H and O–H groups in total. The number of hydrogen-bond donors (Lipinski definition) is 1. The summed E-state index contributed by atoms with van der Waals surface area (Å²) < 4.78 is 0. The molecule has 1 aliphatic rings. The van der Waals surface area contributed by atoms with Gasteiger partial charge in [0.25, 0.3) is 5.91 Å². The Bertz CT molecular complexity index is 439. The highest BCUT2D eigenvalue weighted by molar-refractivity contribution is 6.31. The third kappa shape index (κ3) is 3.48. The fourth-order valence-electron chi connectivity index (χ4n) is 2.74. The molecule has 1 fully saturated rings. The molecule has 1 aliphatic heterocycles. The van der Waals surface area contributed by atoms with Crippen molar-refractivity contribution >= 4 is 17.5 Å². The molecule has 1 aromatic carbocycles. The summed E-state index contributed by atoms with van der Waals surface area (Å²) in [6.07, 6.45) is 3.36. The number of nitrogens with zero attached hydrogens (tertiary/aromatic N) is 1. The molecule has 0 radical (unpaired) electrons. The van der Waals surface area contributed by atoms with E-state index in [1.165, 1.54) is 6.42 Å². The molecule has 0 bridgehead atoms. The number of halogens is 1. The highest BCUT2D eigenvalue weighted by atomic mass is 35.5. The average molecular weight is 281 g/mol. The van der Waals surface area contributed by atoms with Gasteiger partial charge in [0.05, 0.1) is 0 Å². The number of carbonyl (C=O) groups is 1. The van der Waals surface area contributed by atoms with Crippen LogP contribution in [0.3, 0.4) is 0 Å². The standard InChI is InChI=1S/C15H21ClN2O/c1-11-7-12(9-13(16)8-11)15(19)18-6-4-3-5-14(18)10-17-2/h7-9,14,17H,3-6,10H2,1-2H3. The lowest BCUT2D eigenvalue weighted by Gasteiger charge is -2.36. The molecular weight excluding hydrogens is 260 g/mol. The largest absolute Gasteiger partial charge is 0.334 e. The predicted octanol–water partition coefficient (Wildman–Crippen LogP) is 2.86. The van der Waals surface area contributed by atoms with Crippen LogP contribution in [0.4, 0.5) is 0 Å².